The highest BCUT2D eigenvalue weighted by molar-refractivity contribution is 5.75. The Morgan fingerprint density at radius 1 is 1.64 bits per heavy atom. The van der Waals surface area contributed by atoms with Crippen LogP contribution in [0.1, 0.15) is 26.7 Å². The minimum atomic E-state index is -0.511. The molecule has 2 atom stereocenters. The molecule has 1 saturated heterocycles. The largest absolute Gasteiger partial charge is 0.468 e. The maximum Gasteiger partial charge on any atom is 0.322 e. The van der Waals surface area contributed by atoms with E-state index in [-0.39, 0.29) is 17.5 Å². The van der Waals surface area contributed by atoms with Gasteiger partial charge in [0.15, 0.2) is 0 Å². The van der Waals surface area contributed by atoms with Crippen LogP contribution in [0.2, 0.25) is 0 Å². The standard InChI is InChI=1S/C10H19NO3/c1-10(2)6-7(4-5-14-10)8(11)9(12)13-3/h7-8H,4-6,11H2,1-3H3/t7-,8+/m1/s1. The van der Waals surface area contributed by atoms with Crippen LogP contribution in [-0.2, 0) is 14.3 Å². The number of methoxy groups -OCH3 is 1. The maximum atomic E-state index is 11.2. The summed E-state index contributed by atoms with van der Waals surface area (Å²) >= 11 is 0. The van der Waals surface area contributed by atoms with Crippen LogP contribution in [0, 0.1) is 5.92 Å². The maximum absolute atomic E-state index is 11.2. The molecule has 0 radical (unpaired) electrons. The molecule has 1 aliphatic rings. The zero-order valence-electron chi connectivity index (χ0n) is 9.08. The van der Waals surface area contributed by atoms with E-state index in [1.807, 2.05) is 13.8 Å². The topological polar surface area (TPSA) is 61.5 Å². The van der Waals surface area contributed by atoms with Gasteiger partial charge in [0, 0.05) is 6.61 Å². The van der Waals surface area contributed by atoms with Crippen molar-refractivity contribution in [1.82, 2.24) is 0 Å². The van der Waals surface area contributed by atoms with E-state index in [4.69, 9.17) is 10.5 Å². The Bertz CT molecular complexity index is 215. The highest BCUT2D eigenvalue weighted by atomic mass is 16.5. The lowest BCUT2D eigenvalue weighted by Crippen LogP contribution is -2.46. The van der Waals surface area contributed by atoms with Crippen LogP contribution < -0.4 is 5.73 Å². The summed E-state index contributed by atoms with van der Waals surface area (Å²) in [5, 5.41) is 0. The van der Waals surface area contributed by atoms with Crippen molar-refractivity contribution in [3.8, 4) is 0 Å². The lowest BCUT2D eigenvalue weighted by atomic mass is 9.84. The molecule has 0 unspecified atom stereocenters. The van der Waals surface area contributed by atoms with Crippen molar-refractivity contribution in [2.45, 2.75) is 38.3 Å². The fourth-order valence-corrected chi connectivity index (χ4v) is 1.91. The predicted molar refractivity (Wildman–Crippen MR) is 52.7 cm³/mol. The molecule has 14 heavy (non-hydrogen) atoms. The second-order valence-electron chi connectivity index (χ2n) is 4.41. The van der Waals surface area contributed by atoms with Gasteiger partial charge in [-0.25, -0.2) is 0 Å². The van der Waals surface area contributed by atoms with Crippen molar-refractivity contribution in [2.75, 3.05) is 13.7 Å². The minimum absolute atomic E-state index is 0.172. The van der Waals surface area contributed by atoms with Crippen molar-refractivity contribution >= 4 is 5.97 Å². The first-order chi connectivity index (χ1) is 6.46. The molecule has 0 aromatic carbocycles. The summed E-state index contributed by atoms with van der Waals surface area (Å²) in [5.74, 6) is -0.154. The summed E-state index contributed by atoms with van der Waals surface area (Å²) in [6, 6.07) is -0.511. The molecule has 0 aliphatic carbocycles. The highest BCUT2D eigenvalue weighted by Crippen LogP contribution is 2.30. The third-order valence-corrected chi connectivity index (χ3v) is 2.72. The minimum Gasteiger partial charge on any atom is -0.468 e. The van der Waals surface area contributed by atoms with Gasteiger partial charge in [0.05, 0.1) is 12.7 Å². The third-order valence-electron chi connectivity index (χ3n) is 2.72. The van der Waals surface area contributed by atoms with Gasteiger partial charge in [0.25, 0.3) is 0 Å². The van der Waals surface area contributed by atoms with E-state index in [0.29, 0.717) is 6.61 Å². The number of carbonyl (C=O) groups excluding carboxylic acids is 1. The molecule has 2 N–H and O–H groups in total. The number of ether oxygens (including phenoxy) is 2. The Morgan fingerprint density at radius 3 is 2.79 bits per heavy atom. The van der Waals surface area contributed by atoms with Crippen molar-refractivity contribution in [3.63, 3.8) is 0 Å². The van der Waals surface area contributed by atoms with E-state index in [1.165, 1.54) is 7.11 Å². The van der Waals surface area contributed by atoms with Gasteiger partial charge in [-0.2, -0.15) is 0 Å². The predicted octanol–water partition coefficient (Wildman–Crippen LogP) is 0.692. The Kier molecular flexibility index (Phi) is 3.50. The van der Waals surface area contributed by atoms with E-state index in [2.05, 4.69) is 4.74 Å². The second-order valence-corrected chi connectivity index (χ2v) is 4.41. The molecule has 0 bridgehead atoms. The normalized spacial score (nSPS) is 28.1. The van der Waals surface area contributed by atoms with E-state index < -0.39 is 6.04 Å². The van der Waals surface area contributed by atoms with Crippen molar-refractivity contribution in [3.05, 3.63) is 0 Å². The van der Waals surface area contributed by atoms with Crippen LogP contribution in [0.3, 0.4) is 0 Å². The van der Waals surface area contributed by atoms with Crippen LogP contribution in [-0.4, -0.2) is 31.3 Å². The van der Waals surface area contributed by atoms with E-state index in [0.717, 1.165) is 12.8 Å². The Labute approximate surface area is 84.7 Å². The summed E-state index contributed by atoms with van der Waals surface area (Å²) in [7, 11) is 1.37. The smallest absolute Gasteiger partial charge is 0.322 e. The zero-order chi connectivity index (χ0) is 10.8. The molecule has 1 heterocycles. The Morgan fingerprint density at radius 2 is 2.29 bits per heavy atom. The fraction of sp³-hybridized carbons (Fsp3) is 0.900. The van der Waals surface area contributed by atoms with Gasteiger partial charge in [-0.3, -0.25) is 4.79 Å². The van der Waals surface area contributed by atoms with Crippen molar-refractivity contribution < 1.29 is 14.3 Å². The summed E-state index contributed by atoms with van der Waals surface area (Å²) in [4.78, 5) is 11.2. The van der Waals surface area contributed by atoms with E-state index in [9.17, 15) is 4.79 Å². The third kappa shape index (κ3) is 2.69. The lowest BCUT2D eigenvalue weighted by molar-refractivity contribution is -0.146. The van der Waals surface area contributed by atoms with Gasteiger partial charge in [0.2, 0.25) is 0 Å². The van der Waals surface area contributed by atoms with Gasteiger partial charge >= 0.3 is 5.97 Å². The summed E-state index contributed by atoms with van der Waals surface area (Å²) in [5.41, 5.74) is 5.62. The fourth-order valence-electron chi connectivity index (χ4n) is 1.91. The Balaban J connectivity index is 2.56. The number of carbonyl (C=O) groups is 1. The number of esters is 1. The van der Waals surface area contributed by atoms with Crippen LogP contribution in [0.5, 0.6) is 0 Å². The molecule has 0 aromatic rings. The molecule has 4 nitrogen and oxygen atoms in total. The molecule has 0 aromatic heterocycles. The number of nitrogens with two attached hydrogens (primary N) is 1. The molecule has 4 heteroatoms. The van der Waals surface area contributed by atoms with Crippen LogP contribution >= 0.6 is 0 Å². The van der Waals surface area contributed by atoms with Crippen LogP contribution in [0.4, 0.5) is 0 Å². The number of hydrogen-bond donors (Lipinski definition) is 1. The molecule has 82 valence electrons. The molecule has 0 spiro atoms. The van der Waals surface area contributed by atoms with E-state index >= 15 is 0 Å². The molecular weight excluding hydrogens is 182 g/mol. The molecular formula is C10H19NO3. The van der Waals surface area contributed by atoms with Gasteiger partial charge in [-0.15, -0.1) is 0 Å². The molecule has 1 aliphatic heterocycles. The first kappa shape index (κ1) is 11.5. The molecule has 1 fully saturated rings. The highest BCUT2D eigenvalue weighted by Gasteiger charge is 2.35. The van der Waals surface area contributed by atoms with Crippen molar-refractivity contribution in [2.24, 2.45) is 11.7 Å². The first-order valence-corrected chi connectivity index (χ1v) is 4.93. The van der Waals surface area contributed by atoms with Gasteiger partial charge in [-0.05, 0) is 32.6 Å². The van der Waals surface area contributed by atoms with Crippen molar-refractivity contribution in [1.29, 1.82) is 0 Å². The molecule has 0 saturated carbocycles. The lowest BCUT2D eigenvalue weighted by Gasteiger charge is -2.37. The quantitative estimate of drug-likeness (QED) is 0.668. The van der Waals surface area contributed by atoms with Gasteiger partial charge < -0.3 is 15.2 Å². The van der Waals surface area contributed by atoms with Crippen LogP contribution in [0.15, 0.2) is 0 Å². The van der Waals surface area contributed by atoms with E-state index in [1.54, 1.807) is 0 Å². The van der Waals surface area contributed by atoms with Gasteiger partial charge in [-0.1, -0.05) is 0 Å². The average Bonchev–Trinajstić information content (AvgIpc) is 2.14. The average molecular weight is 201 g/mol. The molecule has 0 amide bonds. The SMILES string of the molecule is COC(=O)[C@@H](N)[C@@H]1CCOC(C)(C)C1. The monoisotopic (exact) mass is 201 g/mol. The summed E-state index contributed by atoms with van der Waals surface area (Å²) in [6.07, 6.45) is 1.64. The van der Waals surface area contributed by atoms with Crippen LogP contribution in [0.25, 0.3) is 0 Å². The van der Waals surface area contributed by atoms with Gasteiger partial charge in [0.1, 0.15) is 6.04 Å². The zero-order valence-corrected chi connectivity index (χ0v) is 9.08. The first-order valence-electron chi connectivity index (χ1n) is 4.93. The Hall–Kier alpha value is -0.610. The second kappa shape index (κ2) is 4.28. The summed E-state index contributed by atoms with van der Waals surface area (Å²) < 4.78 is 10.2. The number of hydrogen-bond acceptors (Lipinski definition) is 4. The molecule has 1 rings (SSSR count). The number of rotatable bonds is 2. The summed E-state index contributed by atoms with van der Waals surface area (Å²) in [6.45, 7) is 4.70.